The molecule has 0 spiro atoms. The summed E-state index contributed by atoms with van der Waals surface area (Å²) in [5.41, 5.74) is 6.06. The number of hydrogen-bond acceptors (Lipinski definition) is 2. The lowest BCUT2D eigenvalue weighted by atomic mass is 10.1. The molecule has 0 bridgehead atoms. The molecule has 0 fully saturated rings. The van der Waals surface area contributed by atoms with Crippen LogP contribution in [-0.4, -0.2) is 11.9 Å². The summed E-state index contributed by atoms with van der Waals surface area (Å²) in [6.07, 6.45) is 2.11. The summed E-state index contributed by atoms with van der Waals surface area (Å²) >= 11 is 5.89. The van der Waals surface area contributed by atoms with Gasteiger partial charge in [0, 0.05) is 5.02 Å². The van der Waals surface area contributed by atoms with E-state index in [4.69, 9.17) is 27.5 Å². The molecule has 0 amide bonds. The van der Waals surface area contributed by atoms with E-state index in [1.54, 1.807) is 18.2 Å². The average molecular weight is 241 g/mol. The van der Waals surface area contributed by atoms with E-state index in [1.165, 1.54) is 0 Å². The van der Waals surface area contributed by atoms with E-state index < -0.39 is 0 Å². The van der Waals surface area contributed by atoms with Crippen molar-refractivity contribution in [3.63, 3.8) is 0 Å². The Morgan fingerprint density at radius 2 is 2.25 bits per heavy atom. The second kappa shape index (κ2) is 5.75. The minimum absolute atomic E-state index is 0.00429. The molecule has 1 aromatic rings. The van der Waals surface area contributed by atoms with Gasteiger partial charge in [0.15, 0.2) is 0 Å². The molecule has 0 heterocycles. The Morgan fingerprint density at radius 1 is 1.56 bits per heavy atom. The molecule has 0 radical (unpaired) electrons. The second-order valence-corrected chi connectivity index (χ2v) is 4.21. The Kier molecular flexibility index (Phi) is 4.62. The normalized spacial score (nSPS) is 12.2. The highest BCUT2D eigenvalue weighted by molar-refractivity contribution is 6.30. The summed E-state index contributed by atoms with van der Waals surface area (Å²) in [6.45, 7) is 4.10. The molecule has 4 heteroatoms. The highest BCUT2D eigenvalue weighted by atomic mass is 35.5. The molecule has 0 aliphatic carbocycles. The van der Waals surface area contributed by atoms with Crippen LogP contribution < -0.4 is 10.5 Å². The quantitative estimate of drug-likeness (QED) is 0.613. The largest absolute Gasteiger partial charge is 0.490 e. The zero-order valence-corrected chi connectivity index (χ0v) is 10.3. The third-order valence-electron chi connectivity index (χ3n) is 2.26. The number of nitrogen functional groups attached to an aromatic ring is 1. The first-order valence-electron chi connectivity index (χ1n) is 5.35. The number of hydrogen-bond donors (Lipinski definition) is 2. The fraction of sp³-hybridized carbons (Fsp3) is 0.417. The standard InChI is InChI=1S/C12H17ClN2O/c1-3-4-8(2)16-11-7-9(13)5-6-10(11)12(14)15/h5-8H,3-4H2,1-2H3,(H3,14,15). The van der Waals surface area contributed by atoms with Crippen molar-refractivity contribution < 1.29 is 4.74 Å². The van der Waals surface area contributed by atoms with Gasteiger partial charge in [-0.1, -0.05) is 24.9 Å². The van der Waals surface area contributed by atoms with Crippen LogP contribution in [0.2, 0.25) is 5.02 Å². The van der Waals surface area contributed by atoms with Gasteiger partial charge in [0.25, 0.3) is 0 Å². The Hall–Kier alpha value is -1.22. The molecular formula is C12H17ClN2O. The molecule has 0 saturated heterocycles. The Labute approximate surface area is 101 Å². The smallest absolute Gasteiger partial charge is 0.132 e. The molecular weight excluding hydrogens is 224 g/mol. The number of halogens is 1. The van der Waals surface area contributed by atoms with Gasteiger partial charge in [0.2, 0.25) is 0 Å². The first-order chi connectivity index (χ1) is 7.54. The van der Waals surface area contributed by atoms with Crippen molar-refractivity contribution in [3.8, 4) is 5.75 Å². The minimum Gasteiger partial charge on any atom is -0.490 e. The zero-order valence-electron chi connectivity index (χ0n) is 9.59. The lowest BCUT2D eigenvalue weighted by molar-refractivity contribution is 0.209. The molecule has 1 aromatic carbocycles. The maximum absolute atomic E-state index is 7.45. The zero-order chi connectivity index (χ0) is 12.1. The van der Waals surface area contributed by atoms with Crippen LogP contribution in [0.1, 0.15) is 32.3 Å². The minimum atomic E-state index is -0.00429. The van der Waals surface area contributed by atoms with Crippen LogP contribution >= 0.6 is 11.6 Å². The molecule has 0 aromatic heterocycles. The van der Waals surface area contributed by atoms with Gasteiger partial charge in [0.1, 0.15) is 11.6 Å². The van der Waals surface area contributed by atoms with Gasteiger partial charge in [-0.05, 0) is 31.5 Å². The van der Waals surface area contributed by atoms with Gasteiger partial charge in [0.05, 0.1) is 11.7 Å². The number of rotatable bonds is 5. The number of amidine groups is 1. The van der Waals surface area contributed by atoms with Crippen molar-refractivity contribution in [2.75, 3.05) is 0 Å². The van der Waals surface area contributed by atoms with Crippen LogP contribution in [-0.2, 0) is 0 Å². The van der Waals surface area contributed by atoms with Gasteiger partial charge in [-0.25, -0.2) is 0 Å². The van der Waals surface area contributed by atoms with Crippen molar-refractivity contribution >= 4 is 17.4 Å². The maximum atomic E-state index is 7.45. The Morgan fingerprint density at radius 3 is 2.81 bits per heavy atom. The predicted molar refractivity (Wildman–Crippen MR) is 67.5 cm³/mol. The maximum Gasteiger partial charge on any atom is 0.132 e. The molecule has 1 rings (SSSR count). The van der Waals surface area contributed by atoms with Crippen molar-refractivity contribution in [1.82, 2.24) is 0 Å². The van der Waals surface area contributed by atoms with E-state index in [2.05, 4.69) is 6.92 Å². The van der Waals surface area contributed by atoms with Crippen LogP contribution in [0.25, 0.3) is 0 Å². The van der Waals surface area contributed by atoms with Crippen LogP contribution in [0.15, 0.2) is 18.2 Å². The summed E-state index contributed by atoms with van der Waals surface area (Å²) in [4.78, 5) is 0. The molecule has 16 heavy (non-hydrogen) atoms. The van der Waals surface area contributed by atoms with Crippen LogP contribution in [0.5, 0.6) is 5.75 Å². The monoisotopic (exact) mass is 240 g/mol. The lowest BCUT2D eigenvalue weighted by Crippen LogP contribution is -2.17. The second-order valence-electron chi connectivity index (χ2n) is 3.77. The highest BCUT2D eigenvalue weighted by Crippen LogP contribution is 2.24. The van der Waals surface area contributed by atoms with Crippen LogP contribution in [0, 0.1) is 5.41 Å². The molecule has 0 aliphatic heterocycles. The Balaban J connectivity index is 2.92. The summed E-state index contributed by atoms with van der Waals surface area (Å²) in [5.74, 6) is 0.580. The fourth-order valence-electron chi connectivity index (χ4n) is 1.50. The SMILES string of the molecule is CCCC(C)Oc1cc(Cl)ccc1C(=N)N. The van der Waals surface area contributed by atoms with E-state index in [0.29, 0.717) is 16.3 Å². The molecule has 3 nitrogen and oxygen atoms in total. The van der Waals surface area contributed by atoms with E-state index >= 15 is 0 Å². The van der Waals surface area contributed by atoms with Gasteiger partial charge < -0.3 is 10.5 Å². The summed E-state index contributed by atoms with van der Waals surface area (Å²) < 4.78 is 5.72. The third kappa shape index (κ3) is 3.42. The fourth-order valence-corrected chi connectivity index (χ4v) is 1.66. The molecule has 1 unspecified atom stereocenters. The number of nitrogens with one attached hydrogen (secondary N) is 1. The van der Waals surface area contributed by atoms with Gasteiger partial charge in [-0.2, -0.15) is 0 Å². The molecule has 1 atom stereocenters. The lowest BCUT2D eigenvalue weighted by Gasteiger charge is -2.16. The van der Waals surface area contributed by atoms with E-state index in [0.717, 1.165) is 12.8 Å². The van der Waals surface area contributed by atoms with Crippen molar-refractivity contribution in [2.24, 2.45) is 5.73 Å². The molecule has 0 aliphatic rings. The molecule has 88 valence electrons. The van der Waals surface area contributed by atoms with Crippen LogP contribution in [0.4, 0.5) is 0 Å². The highest BCUT2D eigenvalue weighted by Gasteiger charge is 2.10. The summed E-state index contributed by atoms with van der Waals surface area (Å²) in [6, 6.07) is 5.11. The predicted octanol–water partition coefficient (Wildman–Crippen LogP) is 3.19. The molecule has 3 N–H and O–H groups in total. The number of benzene rings is 1. The topological polar surface area (TPSA) is 59.1 Å². The first-order valence-corrected chi connectivity index (χ1v) is 5.73. The molecule has 0 saturated carbocycles. The summed E-state index contributed by atoms with van der Waals surface area (Å²) in [5, 5.41) is 8.03. The summed E-state index contributed by atoms with van der Waals surface area (Å²) in [7, 11) is 0. The average Bonchev–Trinajstić information content (AvgIpc) is 2.17. The third-order valence-corrected chi connectivity index (χ3v) is 2.49. The van der Waals surface area contributed by atoms with Crippen molar-refractivity contribution in [3.05, 3.63) is 28.8 Å². The van der Waals surface area contributed by atoms with Gasteiger partial charge in [-0.3, -0.25) is 5.41 Å². The van der Waals surface area contributed by atoms with Crippen LogP contribution in [0.3, 0.4) is 0 Å². The van der Waals surface area contributed by atoms with Crippen molar-refractivity contribution in [1.29, 1.82) is 5.41 Å². The van der Waals surface area contributed by atoms with E-state index in [-0.39, 0.29) is 11.9 Å². The Bertz CT molecular complexity index is 379. The van der Waals surface area contributed by atoms with E-state index in [9.17, 15) is 0 Å². The van der Waals surface area contributed by atoms with Crippen molar-refractivity contribution in [2.45, 2.75) is 32.8 Å². The van der Waals surface area contributed by atoms with Gasteiger partial charge >= 0.3 is 0 Å². The number of nitrogens with two attached hydrogens (primary N) is 1. The first kappa shape index (κ1) is 12.8. The number of ether oxygens (including phenoxy) is 1. The van der Waals surface area contributed by atoms with Gasteiger partial charge in [-0.15, -0.1) is 0 Å². The van der Waals surface area contributed by atoms with E-state index in [1.807, 2.05) is 6.92 Å².